The number of benzene rings is 2. The minimum Gasteiger partial charge on any atom is -0.492 e. The zero-order chi connectivity index (χ0) is 19.9. The molecule has 0 amide bonds. The highest BCUT2D eigenvalue weighted by Gasteiger charge is 2.30. The fraction of sp³-hybridized carbons (Fsp3) is 0.118. The van der Waals surface area contributed by atoms with Crippen LogP contribution in [-0.2, 0) is 10.0 Å². The van der Waals surface area contributed by atoms with Gasteiger partial charge >= 0.3 is 6.01 Å². The van der Waals surface area contributed by atoms with Crippen LogP contribution in [0.25, 0.3) is 11.3 Å². The van der Waals surface area contributed by atoms with E-state index in [9.17, 15) is 26.7 Å². The summed E-state index contributed by atoms with van der Waals surface area (Å²) in [6, 6.07) is 6.41. The molecular formula is C17H13F3N2O4S. The van der Waals surface area contributed by atoms with E-state index in [2.05, 4.69) is 4.98 Å². The van der Waals surface area contributed by atoms with Crippen LogP contribution in [0, 0.1) is 24.4 Å². The molecule has 10 heteroatoms. The third-order valence-corrected chi connectivity index (χ3v) is 5.43. The zero-order valence-corrected chi connectivity index (χ0v) is 14.9. The number of methoxy groups -OCH3 is 1. The van der Waals surface area contributed by atoms with E-state index in [1.54, 1.807) is 13.0 Å². The van der Waals surface area contributed by atoms with Crippen LogP contribution in [0.5, 0.6) is 11.9 Å². The summed E-state index contributed by atoms with van der Waals surface area (Å²) >= 11 is 0. The topological polar surface area (TPSA) is 81.4 Å². The normalized spacial score (nSPS) is 11.6. The molecular weight excluding hydrogens is 385 g/mol. The molecule has 1 N–H and O–H groups in total. The lowest BCUT2D eigenvalue weighted by molar-refractivity contribution is 0.371. The van der Waals surface area contributed by atoms with Crippen molar-refractivity contribution in [3.05, 3.63) is 59.4 Å². The average molecular weight is 398 g/mol. The smallest absolute Gasteiger partial charge is 0.314 e. The molecule has 6 nitrogen and oxygen atoms in total. The molecule has 1 heterocycles. The molecule has 3 aromatic rings. The van der Waals surface area contributed by atoms with Gasteiger partial charge in [-0.15, -0.1) is 0 Å². The van der Waals surface area contributed by atoms with Crippen molar-refractivity contribution in [1.29, 1.82) is 0 Å². The molecule has 142 valence electrons. The van der Waals surface area contributed by atoms with Crippen LogP contribution >= 0.6 is 0 Å². The first-order valence-corrected chi connectivity index (χ1v) is 8.93. The van der Waals surface area contributed by atoms with Crippen molar-refractivity contribution < 1.29 is 31.4 Å². The number of aryl methyl sites for hydroxylation is 1. The summed E-state index contributed by atoms with van der Waals surface area (Å²) in [7, 11) is -3.26. The van der Waals surface area contributed by atoms with Crippen LogP contribution in [-0.4, -0.2) is 29.6 Å². The van der Waals surface area contributed by atoms with E-state index in [-0.39, 0.29) is 4.90 Å². The van der Waals surface area contributed by atoms with E-state index in [0.29, 0.717) is 21.7 Å². The molecule has 0 aliphatic heterocycles. The lowest BCUT2D eigenvalue weighted by Crippen LogP contribution is -2.16. The van der Waals surface area contributed by atoms with Crippen molar-refractivity contribution in [3.63, 3.8) is 0 Å². The summed E-state index contributed by atoms with van der Waals surface area (Å²) in [6.45, 7) is 1.67. The molecule has 1 aromatic heterocycles. The van der Waals surface area contributed by atoms with Gasteiger partial charge in [0, 0.05) is 5.56 Å². The first-order chi connectivity index (χ1) is 12.7. The van der Waals surface area contributed by atoms with Crippen molar-refractivity contribution in [1.82, 2.24) is 8.96 Å². The summed E-state index contributed by atoms with van der Waals surface area (Å²) in [6.07, 6.45) is 0. The lowest BCUT2D eigenvalue weighted by atomic mass is 10.1. The first-order valence-electron chi connectivity index (χ1n) is 7.49. The van der Waals surface area contributed by atoms with E-state index < -0.39 is 50.6 Å². The molecule has 0 bridgehead atoms. The highest BCUT2D eigenvalue weighted by Crippen LogP contribution is 2.37. The van der Waals surface area contributed by atoms with Crippen molar-refractivity contribution >= 4 is 10.0 Å². The van der Waals surface area contributed by atoms with E-state index in [0.717, 1.165) is 7.11 Å². The van der Waals surface area contributed by atoms with Gasteiger partial charge in [0.05, 0.1) is 12.0 Å². The molecule has 0 unspecified atom stereocenters. The van der Waals surface area contributed by atoms with E-state index >= 15 is 0 Å². The number of imidazole rings is 1. The molecule has 0 atom stereocenters. The molecule has 0 radical (unpaired) electrons. The van der Waals surface area contributed by atoms with Gasteiger partial charge in [0.15, 0.2) is 17.5 Å². The average Bonchev–Trinajstić information content (AvgIpc) is 2.96. The molecule has 0 aliphatic rings. The fourth-order valence-corrected chi connectivity index (χ4v) is 4.09. The van der Waals surface area contributed by atoms with Gasteiger partial charge in [0.1, 0.15) is 5.69 Å². The number of aromatic hydroxyl groups is 1. The maximum absolute atomic E-state index is 13.6. The van der Waals surface area contributed by atoms with Gasteiger partial charge in [-0.05, 0) is 36.8 Å². The Morgan fingerprint density at radius 3 is 2.30 bits per heavy atom. The maximum atomic E-state index is 13.6. The van der Waals surface area contributed by atoms with Gasteiger partial charge in [-0.25, -0.2) is 21.6 Å². The Hall–Kier alpha value is -3.01. The van der Waals surface area contributed by atoms with Gasteiger partial charge in [-0.1, -0.05) is 12.1 Å². The van der Waals surface area contributed by atoms with Crippen molar-refractivity contribution in [2.75, 3.05) is 7.11 Å². The SMILES string of the molecule is COc1nc(O)c(-c2cc(F)c(F)c(F)c2)n1S(=O)(=O)c1cccc(C)c1. The van der Waals surface area contributed by atoms with Gasteiger partial charge in [-0.3, -0.25) is 0 Å². The van der Waals surface area contributed by atoms with E-state index in [4.69, 9.17) is 4.74 Å². The van der Waals surface area contributed by atoms with Gasteiger partial charge < -0.3 is 9.84 Å². The second kappa shape index (κ2) is 6.62. The number of hydrogen-bond donors (Lipinski definition) is 1. The molecule has 0 saturated heterocycles. The summed E-state index contributed by atoms with van der Waals surface area (Å²) in [5.41, 5.74) is -0.359. The number of nitrogens with zero attached hydrogens (tertiary/aromatic N) is 2. The summed E-state index contributed by atoms with van der Waals surface area (Å²) in [5.74, 6) is -5.68. The van der Waals surface area contributed by atoms with Crippen molar-refractivity contribution in [2.45, 2.75) is 11.8 Å². The molecule has 0 saturated carbocycles. The Kier molecular flexibility index (Phi) is 4.60. The van der Waals surface area contributed by atoms with Gasteiger partial charge in [0.25, 0.3) is 10.0 Å². The Morgan fingerprint density at radius 1 is 1.11 bits per heavy atom. The molecule has 0 aliphatic carbocycles. The minimum absolute atomic E-state index is 0.164. The quantitative estimate of drug-likeness (QED) is 0.683. The summed E-state index contributed by atoms with van der Waals surface area (Å²) in [4.78, 5) is 3.42. The Labute approximate surface area is 152 Å². The molecule has 0 fully saturated rings. The second-order valence-corrected chi connectivity index (χ2v) is 7.40. The number of aromatic nitrogens is 2. The second-order valence-electron chi connectivity index (χ2n) is 5.61. The molecule has 2 aromatic carbocycles. The Balaban J connectivity index is 2.35. The first kappa shape index (κ1) is 18.8. The minimum atomic E-state index is -4.37. The number of halogens is 3. The van der Waals surface area contributed by atoms with Crippen LogP contribution in [0.15, 0.2) is 41.3 Å². The summed E-state index contributed by atoms with van der Waals surface area (Å²) in [5, 5.41) is 10.1. The van der Waals surface area contributed by atoms with Crippen LogP contribution < -0.4 is 4.74 Å². The van der Waals surface area contributed by atoms with Crippen molar-refractivity contribution in [2.24, 2.45) is 0 Å². The maximum Gasteiger partial charge on any atom is 0.314 e. The van der Waals surface area contributed by atoms with Gasteiger partial charge in [-0.2, -0.15) is 8.96 Å². The number of ether oxygens (including phenoxy) is 1. The van der Waals surface area contributed by atoms with Crippen LogP contribution in [0.3, 0.4) is 0 Å². The van der Waals surface area contributed by atoms with E-state index in [1.807, 2.05) is 0 Å². The number of rotatable bonds is 4. The number of hydrogen-bond acceptors (Lipinski definition) is 5. The molecule has 3 rings (SSSR count). The Bertz CT molecular complexity index is 1120. The zero-order valence-electron chi connectivity index (χ0n) is 14.1. The predicted octanol–water partition coefficient (Wildman–Crippen LogP) is 3.23. The molecule has 27 heavy (non-hydrogen) atoms. The van der Waals surface area contributed by atoms with Crippen LogP contribution in [0.4, 0.5) is 13.2 Å². The monoisotopic (exact) mass is 398 g/mol. The van der Waals surface area contributed by atoms with E-state index in [1.165, 1.54) is 18.2 Å². The van der Waals surface area contributed by atoms with Crippen LogP contribution in [0.2, 0.25) is 0 Å². The van der Waals surface area contributed by atoms with Gasteiger partial charge in [0.2, 0.25) is 5.88 Å². The molecule has 0 spiro atoms. The summed E-state index contributed by atoms with van der Waals surface area (Å²) < 4.78 is 72.1. The van der Waals surface area contributed by atoms with Crippen molar-refractivity contribution in [3.8, 4) is 23.1 Å². The predicted molar refractivity (Wildman–Crippen MR) is 89.5 cm³/mol. The fourth-order valence-electron chi connectivity index (χ4n) is 2.55. The van der Waals surface area contributed by atoms with Crippen LogP contribution in [0.1, 0.15) is 5.56 Å². The third kappa shape index (κ3) is 3.12. The Morgan fingerprint density at radius 2 is 1.74 bits per heavy atom. The third-order valence-electron chi connectivity index (χ3n) is 3.76. The lowest BCUT2D eigenvalue weighted by Gasteiger charge is -2.12. The largest absolute Gasteiger partial charge is 0.492 e. The highest BCUT2D eigenvalue weighted by molar-refractivity contribution is 7.90. The standard InChI is InChI=1S/C17H13F3N2O4S/c1-9-4-3-5-11(6-9)27(24,25)22-15(16(23)21-17(22)26-2)10-7-12(18)14(20)13(19)8-10/h3-8,23H,1-2H3. The highest BCUT2D eigenvalue weighted by atomic mass is 32.2.